The summed E-state index contributed by atoms with van der Waals surface area (Å²) in [5, 5.41) is 13.6. The number of nitriles is 1. The van der Waals surface area contributed by atoms with Crippen LogP contribution in [0.5, 0.6) is 0 Å². The van der Waals surface area contributed by atoms with E-state index in [-0.39, 0.29) is 0 Å². The van der Waals surface area contributed by atoms with Gasteiger partial charge in [0.2, 0.25) is 0 Å². The maximum Gasteiger partial charge on any atom is 0.144 e. The summed E-state index contributed by atoms with van der Waals surface area (Å²) >= 11 is 0. The van der Waals surface area contributed by atoms with Gasteiger partial charge in [-0.15, -0.1) is 0 Å². The highest BCUT2D eigenvalue weighted by Gasteiger charge is 2.26. The van der Waals surface area contributed by atoms with Gasteiger partial charge in [0, 0.05) is 26.7 Å². The van der Waals surface area contributed by atoms with Crippen LogP contribution in [0.15, 0.2) is 0 Å². The van der Waals surface area contributed by atoms with Crippen molar-refractivity contribution in [3.05, 3.63) is 11.3 Å². The number of likely N-dealkylation sites (tertiary alicyclic amines) is 1. The molecule has 0 aliphatic carbocycles. The van der Waals surface area contributed by atoms with Crippen LogP contribution in [0, 0.1) is 18.3 Å². The van der Waals surface area contributed by atoms with Gasteiger partial charge in [-0.3, -0.25) is 9.58 Å². The molecule has 1 aromatic rings. The van der Waals surface area contributed by atoms with Crippen LogP contribution in [0.2, 0.25) is 0 Å². The number of hydrogen-bond donors (Lipinski definition) is 0. The summed E-state index contributed by atoms with van der Waals surface area (Å²) < 4.78 is 1.82. The first-order valence-electron chi connectivity index (χ1n) is 6.97. The Balaban J connectivity index is 2.16. The first kappa shape index (κ1) is 13.9. The van der Waals surface area contributed by atoms with Gasteiger partial charge < -0.3 is 4.90 Å². The first-order valence-corrected chi connectivity index (χ1v) is 6.97. The van der Waals surface area contributed by atoms with Crippen LogP contribution >= 0.6 is 0 Å². The molecule has 0 amide bonds. The third-order valence-electron chi connectivity index (χ3n) is 4.06. The Morgan fingerprint density at radius 2 is 2.26 bits per heavy atom. The Bertz CT molecular complexity index is 485. The van der Waals surface area contributed by atoms with Crippen molar-refractivity contribution in [3.63, 3.8) is 0 Å². The molecule has 5 nitrogen and oxygen atoms in total. The normalized spacial score (nSPS) is 19.6. The van der Waals surface area contributed by atoms with Gasteiger partial charge in [0.15, 0.2) is 0 Å². The van der Waals surface area contributed by atoms with E-state index in [0.717, 1.165) is 24.6 Å². The van der Waals surface area contributed by atoms with E-state index < -0.39 is 0 Å². The molecule has 1 aliphatic heterocycles. The van der Waals surface area contributed by atoms with Gasteiger partial charge >= 0.3 is 0 Å². The molecule has 1 fully saturated rings. The summed E-state index contributed by atoms with van der Waals surface area (Å²) in [6.45, 7) is 7.37. The Morgan fingerprint density at radius 1 is 1.53 bits per heavy atom. The molecule has 104 valence electrons. The third-order valence-corrected chi connectivity index (χ3v) is 4.06. The number of anilines is 1. The van der Waals surface area contributed by atoms with Crippen LogP contribution in [0.4, 0.5) is 5.82 Å². The molecule has 2 rings (SSSR count). The third kappa shape index (κ3) is 2.59. The standard InChI is InChI=1S/C14H23N5/c1-5-19-8-6-7-12(19)10-17(3)14-13(9-15)11(2)16-18(14)4/h12H,5-8,10H2,1-4H3. The highest BCUT2D eigenvalue weighted by Crippen LogP contribution is 2.24. The van der Waals surface area contributed by atoms with E-state index in [1.165, 1.54) is 19.4 Å². The molecular weight excluding hydrogens is 238 g/mol. The Labute approximate surface area is 115 Å². The van der Waals surface area contributed by atoms with Gasteiger partial charge in [-0.2, -0.15) is 10.4 Å². The molecule has 0 saturated carbocycles. The molecule has 0 bridgehead atoms. The number of hydrogen-bond acceptors (Lipinski definition) is 4. The minimum absolute atomic E-state index is 0.594. The molecule has 5 heteroatoms. The predicted octanol–water partition coefficient (Wildman–Crippen LogP) is 1.52. The van der Waals surface area contributed by atoms with E-state index in [2.05, 4.69) is 34.9 Å². The van der Waals surface area contributed by atoms with E-state index in [1.807, 2.05) is 18.7 Å². The fraction of sp³-hybridized carbons (Fsp3) is 0.714. The van der Waals surface area contributed by atoms with Crippen molar-refractivity contribution in [2.24, 2.45) is 7.05 Å². The van der Waals surface area contributed by atoms with Crippen molar-refractivity contribution in [3.8, 4) is 6.07 Å². The zero-order valence-electron chi connectivity index (χ0n) is 12.3. The molecule has 19 heavy (non-hydrogen) atoms. The minimum atomic E-state index is 0.594. The van der Waals surface area contributed by atoms with Crippen LogP contribution in [0.3, 0.4) is 0 Å². The Morgan fingerprint density at radius 3 is 2.89 bits per heavy atom. The summed E-state index contributed by atoms with van der Waals surface area (Å²) in [6, 6.07) is 2.87. The molecule has 0 radical (unpaired) electrons. The highest BCUT2D eigenvalue weighted by molar-refractivity contribution is 5.56. The fourth-order valence-corrected chi connectivity index (χ4v) is 3.14. The van der Waals surface area contributed by atoms with Crippen molar-refractivity contribution in [1.29, 1.82) is 5.26 Å². The average molecular weight is 261 g/mol. The van der Waals surface area contributed by atoms with Gasteiger partial charge in [0.05, 0.1) is 5.69 Å². The number of aromatic nitrogens is 2. The molecular formula is C14H23N5. The fourth-order valence-electron chi connectivity index (χ4n) is 3.14. The topological polar surface area (TPSA) is 48.1 Å². The molecule has 1 aliphatic rings. The zero-order chi connectivity index (χ0) is 14.0. The second-order valence-electron chi connectivity index (χ2n) is 5.32. The quantitative estimate of drug-likeness (QED) is 0.824. The Kier molecular flexibility index (Phi) is 4.11. The lowest BCUT2D eigenvalue weighted by atomic mass is 10.2. The largest absolute Gasteiger partial charge is 0.357 e. The monoisotopic (exact) mass is 261 g/mol. The average Bonchev–Trinajstić information content (AvgIpc) is 2.92. The SMILES string of the molecule is CCN1CCCC1CN(C)c1c(C#N)c(C)nn1C. The summed E-state index contributed by atoms with van der Waals surface area (Å²) in [5.41, 5.74) is 1.51. The summed E-state index contributed by atoms with van der Waals surface area (Å²) in [7, 11) is 3.97. The second kappa shape index (κ2) is 5.62. The zero-order valence-corrected chi connectivity index (χ0v) is 12.3. The maximum absolute atomic E-state index is 9.28. The maximum atomic E-state index is 9.28. The molecule has 1 saturated heterocycles. The smallest absolute Gasteiger partial charge is 0.144 e. The van der Waals surface area contributed by atoms with Crippen LogP contribution in [0.25, 0.3) is 0 Å². The van der Waals surface area contributed by atoms with Gasteiger partial charge in [-0.1, -0.05) is 6.92 Å². The predicted molar refractivity (Wildman–Crippen MR) is 76.2 cm³/mol. The Hall–Kier alpha value is -1.54. The minimum Gasteiger partial charge on any atom is -0.357 e. The molecule has 1 atom stereocenters. The number of aryl methyl sites for hydroxylation is 2. The lowest BCUT2D eigenvalue weighted by Gasteiger charge is -2.29. The van der Waals surface area contributed by atoms with E-state index in [4.69, 9.17) is 0 Å². The van der Waals surface area contributed by atoms with E-state index in [0.29, 0.717) is 11.6 Å². The van der Waals surface area contributed by atoms with Gasteiger partial charge in [0.1, 0.15) is 17.5 Å². The summed E-state index contributed by atoms with van der Waals surface area (Å²) in [4.78, 5) is 4.70. The van der Waals surface area contributed by atoms with Crippen LogP contribution < -0.4 is 4.90 Å². The van der Waals surface area contributed by atoms with E-state index >= 15 is 0 Å². The second-order valence-corrected chi connectivity index (χ2v) is 5.32. The first-order chi connectivity index (χ1) is 9.08. The molecule has 0 aromatic carbocycles. The van der Waals surface area contributed by atoms with Crippen molar-refractivity contribution in [2.75, 3.05) is 31.6 Å². The lowest BCUT2D eigenvalue weighted by Crippen LogP contribution is -2.39. The molecule has 2 heterocycles. The van der Waals surface area contributed by atoms with Crippen molar-refractivity contribution in [1.82, 2.24) is 14.7 Å². The lowest BCUT2D eigenvalue weighted by molar-refractivity contribution is 0.270. The number of nitrogens with zero attached hydrogens (tertiary/aromatic N) is 5. The van der Waals surface area contributed by atoms with Crippen molar-refractivity contribution < 1.29 is 0 Å². The number of rotatable bonds is 4. The van der Waals surface area contributed by atoms with Crippen LogP contribution in [0.1, 0.15) is 31.0 Å². The van der Waals surface area contributed by atoms with E-state index in [9.17, 15) is 5.26 Å². The van der Waals surface area contributed by atoms with Gasteiger partial charge in [-0.05, 0) is 32.9 Å². The molecule has 1 aromatic heterocycles. The van der Waals surface area contributed by atoms with Gasteiger partial charge in [-0.25, -0.2) is 0 Å². The molecule has 1 unspecified atom stereocenters. The van der Waals surface area contributed by atoms with E-state index in [1.54, 1.807) is 0 Å². The van der Waals surface area contributed by atoms with Crippen LogP contribution in [-0.2, 0) is 7.05 Å². The summed E-state index contributed by atoms with van der Waals surface area (Å²) in [5.74, 6) is 0.933. The summed E-state index contributed by atoms with van der Waals surface area (Å²) in [6.07, 6.45) is 2.53. The van der Waals surface area contributed by atoms with Crippen molar-refractivity contribution in [2.45, 2.75) is 32.7 Å². The van der Waals surface area contributed by atoms with Crippen LogP contribution in [-0.4, -0.2) is 47.4 Å². The molecule has 0 spiro atoms. The molecule has 0 N–H and O–H groups in total. The highest BCUT2D eigenvalue weighted by atomic mass is 15.4. The van der Waals surface area contributed by atoms with Crippen molar-refractivity contribution >= 4 is 5.82 Å². The number of likely N-dealkylation sites (N-methyl/N-ethyl adjacent to an activating group) is 2. The van der Waals surface area contributed by atoms with Gasteiger partial charge in [0.25, 0.3) is 0 Å².